The summed E-state index contributed by atoms with van der Waals surface area (Å²) in [5.41, 5.74) is 5.39. The van der Waals surface area contributed by atoms with E-state index in [0.717, 1.165) is 6.42 Å². The van der Waals surface area contributed by atoms with Crippen LogP contribution in [0.2, 0.25) is 0 Å². The van der Waals surface area contributed by atoms with Gasteiger partial charge in [-0.1, -0.05) is 0 Å². The van der Waals surface area contributed by atoms with E-state index in [4.69, 9.17) is 5.73 Å². The van der Waals surface area contributed by atoms with Crippen LogP contribution in [0.1, 0.15) is 12.8 Å². The first kappa shape index (κ1) is 9.72. The molecule has 0 radical (unpaired) electrons. The Morgan fingerprint density at radius 2 is 2.40 bits per heavy atom. The number of nitrogens with zero attached hydrogens (tertiary/aromatic N) is 1. The molecule has 2 N–H and O–H groups in total. The predicted molar refractivity (Wildman–Crippen MR) is 42.1 cm³/mol. The second kappa shape index (κ2) is 3.78. The molecule has 0 saturated carbocycles. The summed E-state index contributed by atoms with van der Waals surface area (Å²) in [7, 11) is 1.81. The standard InChI is InChI=1S/C6H12N2O.ClH/c1-8-5(4-7)2-3-6(8)9;/h5H,2-4,7H2,1H3;1H/t5-;/m0./s1. The molecule has 4 heteroatoms. The molecule has 10 heavy (non-hydrogen) atoms. The molecule has 0 aromatic rings. The number of carbonyl (C=O) groups excluding carboxylic acids is 1. The lowest BCUT2D eigenvalue weighted by Crippen LogP contribution is -2.34. The first-order valence-electron chi connectivity index (χ1n) is 3.21. The van der Waals surface area contributed by atoms with E-state index < -0.39 is 0 Å². The number of likely N-dealkylation sites (N-methyl/N-ethyl adjacent to an activating group) is 1. The van der Waals surface area contributed by atoms with Gasteiger partial charge in [-0.25, -0.2) is 0 Å². The SMILES string of the molecule is CN1C(=O)CC[C@H]1CN.Cl. The Balaban J connectivity index is 0.000000810. The van der Waals surface area contributed by atoms with Crippen molar-refractivity contribution in [1.29, 1.82) is 0 Å². The van der Waals surface area contributed by atoms with Crippen molar-refractivity contribution in [1.82, 2.24) is 4.90 Å². The zero-order valence-electron chi connectivity index (χ0n) is 6.04. The van der Waals surface area contributed by atoms with Crippen molar-refractivity contribution in [3.8, 4) is 0 Å². The van der Waals surface area contributed by atoms with Crippen molar-refractivity contribution >= 4 is 18.3 Å². The van der Waals surface area contributed by atoms with Gasteiger partial charge in [0.2, 0.25) is 5.91 Å². The van der Waals surface area contributed by atoms with Crippen LogP contribution in [-0.4, -0.2) is 30.4 Å². The lowest BCUT2D eigenvalue weighted by atomic mass is 10.2. The van der Waals surface area contributed by atoms with Crippen LogP contribution in [0.25, 0.3) is 0 Å². The fourth-order valence-corrected chi connectivity index (χ4v) is 1.14. The minimum absolute atomic E-state index is 0. The molecule has 60 valence electrons. The molecule has 0 spiro atoms. The summed E-state index contributed by atoms with van der Waals surface area (Å²) in [6, 6.07) is 0.303. The van der Waals surface area contributed by atoms with E-state index in [1.165, 1.54) is 0 Å². The van der Waals surface area contributed by atoms with E-state index in [2.05, 4.69) is 0 Å². The number of rotatable bonds is 1. The van der Waals surface area contributed by atoms with Crippen LogP contribution in [0.3, 0.4) is 0 Å². The van der Waals surface area contributed by atoms with Gasteiger partial charge in [0.25, 0.3) is 0 Å². The molecular weight excluding hydrogens is 152 g/mol. The molecule has 0 aliphatic carbocycles. The summed E-state index contributed by atoms with van der Waals surface area (Å²) in [5.74, 6) is 0.227. The predicted octanol–water partition coefficient (Wildman–Crippen LogP) is -0.0123. The Kier molecular flexibility index (Phi) is 3.68. The lowest BCUT2D eigenvalue weighted by molar-refractivity contribution is -0.127. The monoisotopic (exact) mass is 164 g/mol. The van der Waals surface area contributed by atoms with E-state index in [1.807, 2.05) is 7.05 Å². The number of amides is 1. The molecular formula is C6H13ClN2O. The van der Waals surface area contributed by atoms with E-state index in [0.29, 0.717) is 19.0 Å². The normalized spacial score (nSPS) is 24.8. The van der Waals surface area contributed by atoms with Crippen LogP contribution in [0.4, 0.5) is 0 Å². The van der Waals surface area contributed by atoms with Crippen molar-refractivity contribution in [3.05, 3.63) is 0 Å². The maximum absolute atomic E-state index is 10.8. The topological polar surface area (TPSA) is 46.3 Å². The molecule has 0 unspecified atom stereocenters. The molecule has 1 fully saturated rings. The molecule has 1 rings (SSSR count). The van der Waals surface area contributed by atoms with Crippen LogP contribution in [0.5, 0.6) is 0 Å². The molecule has 3 nitrogen and oxygen atoms in total. The lowest BCUT2D eigenvalue weighted by Gasteiger charge is -2.16. The summed E-state index contributed by atoms with van der Waals surface area (Å²) < 4.78 is 0. The Labute approximate surface area is 67.0 Å². The van der Waals surface area contributed by atoms with Gasteiger partial charge >= 0.3 is 0 Å². The van der Waals surface area contributed by atoms with E-state index in [-0.39, 0.29) is 18.3 Å². The average molecular weight is 165 g/mol. The van der Waals surface area contributed by atoms with Gasteiger partial charge in [-0.15, -0.1) is 12.4 Å². The van der Waals surface area contributed by atoms with Gasteiger partial charge in [0.1, 0.15) is 0 Å². The van der Waals surface area contributed by atoms with Crippen LogP contribution in [-0.2, 0) is 4.79 Å². The van der Waals surface area contributed by atoms with Crippen molar-refractivity contribution in [3.63, 3.8) is 0 Å². The highest BCUT2D eigenvalue weighted by Crippen LogP contribution is 2.14. The number of likely N-dealkylation sites (tertiary alicyclic amines) is 1. The summed E-state index contributed by atoms with van der Waals surface area (Å²) in [6.45, 7) is 0.599. The van der Waals surface area contributed by atoms with Gasteiger partial charge < -0.3 is 10.6 Å². The molecule has 1 heterocycles. The van der Waals surface area contributed by atoms with Crippen LogP contribution in [0, 0.1) is 0 Å². The first-order chi connectivity index (χ1) is 4.25. The molecule has 1 amide bonds. The maximum atomic E-state index is 10.8. The van der Waals surface area contributed by atoms with E-state index >= 15 is 0 Å². The summed E-state index contributed by atoms with van der Waals surface area (Å²) in [4.78, 5) is 12.5. The quantitative estimate of drug-likeness (QED) is 0.593. The molecule has 0 aromatic heterocycles. The van der Waals surface area contributed by atoms with Gasteiger partial charge in [-0.2, -0.15) is 0 Å². The molecule has 0 bridgehead atoms. The average Bonchev–Trinajstić information content (AvgIpc) is 2.15. The van der Waals surface area contributed by atoms with Crippen molar-refractivity contribution in [2.24, 2.45) is 5.73 Å². The van der Waals surface area contributed by atoms with Gasteiger partial charge in [-0.05, 0) is 6.42 Å². The fraction of sp³-hybridized carbons (Fsp3) is 0.833. The first-order valence-corrected chi connectivity index (χ1v) is 3.21. The Hall–Kier alpha value is -0.280. The van der Waals surface area contributed by atoms with Crippen molar-refractivity contribution in [2.75, 3.05) is 13.6 Å². The van der Waals surface area contributed by atoms with E-state index in [9.17, 15) is 4.79 Å². The van der Waals surface area contributed by atoms with Gasteiger partial charge in [0, 0.05) is 26.1 Å². The number of carbonyl (C=O) groups is 1. The Morgan fingerprint density at radius 1 is 1.80 bits per heavy atom. The highest BCUT2D eigenvalue weighted by atomic mass is 35.5. The summed E-state index contributed by atoms with van der Waals surface area (Å²) in [5, 5.41) is 0. The minimum atomic E-state index is 0. The second-order valence-electron chi connectivity index (χ2n) is 2.43. The second-order valence-corrected chi connectivity index (χ2v) is 2.43. The zero-order chi connectivity index (χ0) is 6.85. The Bertz CT molecular complexity index is 129. The fourth-order valence-electron chi connectivity index (χ4n) is 1.14. The highest BCUT2D eigenvalue weighted by Gasteiger charge is 2.25. The van der Waals surface area contributed by atoms with Gasteiger partial charge in [-0.3, -0.25) is 4.79 Å². The molecule has 1 saturated heterocycles. The van der Waals surface area contributed by atoms with Crippen molar-refractivity contribution in [2.45, 2.75) is 18.9 Å². The molecule has 0 aromatic carbocycles. The third-order valence-electron chi connectivity index (χ3n) is 1.90. The maximum Gasteiger partial charge on any atom is 0.222 e. The number of nitrogens with two attached hydrogens (primary N) is 1. The highest BCUT2D eigenvalue weighted by molar-refractivity contribution is 5.85. The van der Waals surface area contributed by atoms with Gasteiger partial charge in [0.05, 0.1) is 0 Å². The molecule has 1 atom stereocenters. The van der Waals surface area contributed by atoms with Crippen molar-refractivity contribution < 1.29 is 4.79 Å². The smallest absolute Gasteiger partial charge is 0.222 e. The molecule has 1 aliphatic heterocycles. The Morgan fingerprint density at radius 3 is 2.60 bits per heavy atom. The zero-order valence-corrected chi connectivity index (χ0v) is 6.86. The summed E-state index contributed by atoms with van der Waals surface area (Å²) >= 11 is 0. The minimum Gasteiger partial charge on any atom is -0.341 e. The third kappa shape index (κ3) is 1.61. The molecule has 1 aliphatic rings. The number of hydrogen-bond donors (Lipinski definition) is 1. The van der Waals surface area contributed by atoms with Crippen LogP contribution in [0.15, 0.2) is 0 Å². The van der Waals surface area contributed by atoms with Crippen LogP contribution < -0.4 is 5.73 Å². The third-order valence-corrected chi connectivity index (χ3v) is 1.90. The number of halogens is 1. The number of hydrogen-bond acceptors (Lipinski definition) is 2. The van der Waals surface area contributed by atoms with Gasteiger partial charge in [0.15, 0.2) is 0 Å². The summed E-state index contributed by atoms with van der Waals surface area (Å²) in [6.07, 6.45) is 1.62. The largest absolute Gasteiger partial charge is 0.341 e. The van der Waals surface area contributed by atoms with E-state index in [1.54, 1.807) is 4.90 Å². The van der Waals surface area contributed by atoms with Crippen LogP contribution >= 0.6 is 12.4 Å².